The van der Waals surface area contributed by atoms with Gasteiger partial charge in [0, 0.05) is 43.8 Å². The first-order valence-corrected chi connectivity index (χ1v) is 13.3. The van der Waals surface area contributed by atoms with Crippen LogP contribution in [0.25, 0.3) is 0 Å². The molecule has 9 heteroatoms. The maximum atomic E-state index is 13.3. The predicted octanol–water partition coefficient (Wildman–Crippen LogP) is 2.13. The van der Waals surface area contributed by atoms with Gasteiger partial charge in [-0.3, -0.25) is 9.69 Å². The number of piperazine rings is 1. The normalized spacial score (nSPS) is 28.5. The molecule has 1 amide bonds. The molecule has 7 nitrogen and oxygen atoms in total. The Balaban J connectivity index is 1.24. The van der Waals surface area contributed by atoms with E-state index >= 15 is 0 Å². The largest absolute Gasteiger partial charge is 0.369 e. The molecule has 3 saturated carbocycles. The lowest BCUT2D eigenvalue weighted by atomic mass is 10.1. The highest BCUT2D eigenvalue weighted by Gasteiger charge is 2.44. The summed E-state index contributed by atoms with van der Waals surface area (Å²) in [5.41, 5.74) is 6.37. The third-order valence-electron chi connectivity index (χ3n) is 7.32. The first kappa shape index (κ1) is 21.5. The molecule has 0 spiro atoms. The molecular formula is C22H31ClN4O3S. The molecule has 170 valence electrons. The first-order valence-electron chi connectivity index (χ1n) is 11.4. The summed E-state index contributed by atoms with van der Waals surface area (Å²) in [5.74, 6) is -0.425. The van der Waals surface area contributed by atoms with Crippen LogP contribution in [0.1, 0.15) is 44.9 Å². The van der Waals surface area contributed by atoms with E-state index in [9.17, 15) is 13.2 Å². The van der Waals surface area contributed by atoms with Crippen molar-refractivity contribution in [3.63, 3.8) is 0 Å². The minimum Gasteiger partial charge on any atom is -0.369 e. The number of rotatable bonds is 6. The number of carbonyl (C=O) groups is 1. The zero-order valence-electron chi connectivity index (χ0n) is 17.7. The highest BCUT2D eigenvalue weighted by molar-refractivity contribution is 7.92. The Hall–Kier alpha value is -1.35. The van der Waals surface area contributed by atoms with Crippen molar-refractivity contribution >= 4 is 33.0 Å². The minimum atomic E-state index is -3.59. The van der Waals surface area contributed by atoms with Crippen LogP contribution in [0.3, 0.4) is 0 Å². The van der Waals surface area contributed by atoms with E-state index in [1.165, 1.54) is 12.8 Å². The Bertz CT molecular complexity index is 969. The first-order chi connectivity index (χ1) is 14.7. The molecule has 4 fully saturated rings. The summed E-state index contributed by atoms with van der Waals surface area (Å²) >= 11 is 6.48. The van der Waals surface area contributed by atoms with Crippen LogP contribution in [-0.2, 0) is 14.6 Å². The van der Waals surface area contributed by atoms with E-state index in [0.29, 0.717) is 19.3 Å². The van der Waals surface area contributed by atoms with E-state index in [-0.39, 0.29) is 21.7 Å². The second-order valence-electron chi connectivity index (χ2n) is 9.69. The van der Waals surface area contributed by atoms with Crippen LogP contribution in [-0.4, -0.2) is 62.4 Å². The van der Waals surface area contributed by atoms with Crippen LogP contribution in [0.15, 0.2) is 23.1 Å². The summed E-state index contributed by atoms with van der Waals surface area (Å²) in [5, 5.41) is 2.55. The Labute approximate surface area is 189 Å². The molecule has 4 aliphatic rings. The Morgan fingerprint density at radius 1 is 1.10 bits per heavy atom. The zero-order chi connectivity index (χ0) is 21.8. The minimum absolute atomic E-state index is 0.121. The smallest absolute Gasteiger partial charge is 0.224 e. The number of halogens is 1. The van der Waals surface area contributed by atoms with Crippen molar-refractivity contribution in [1.82, 2.24) is 10.2 Å². The zero-order valence-corrected chi connectivity index (χ0v) is 19.3. The third kappa shape index (κ3) is 4.45. The number of hydrogen-bond donors (Lipinski definition) is 2. The van der Waals surface area contributed by atoms with Crippen molar-refractivity contribution in [2.75, 3.05) is 31.1 Å². The standard InChI is InChI=1S/C22H31ClN4O3S/c23-19-14-17(27-11-9-26(10-12-27)16-2-3-16)4-6-20(19)31(29,30)18-5-1-15(13-18)21(28)25-22(24)7-8-22/h4,6,14-16,18H,1-3,5,7-13,24H2,(H,25,28)/t15-,18-/m0/s1. The molecule has 1 aromatic rings. The lowest BCUT2D eigenvalue weighted by Gasteiger charge is -2.36. The van der Waals surface area contributed by atoms with Gasteiger partial charge in [0.05, 0.1) is 20.8 Å². The number of amides is 1. The molecule has 0 bridgehead atoms. The van der Waals surface area contributed by atoms with Crippen molar-refractivity contribution in [2.24, 2.45) is 11.7 Å². The highest BCUT2D eigenvalue weighted by Crippen LogP contribution is 2.38. The summed E-state index contributed by atoms with van der Waals surface area (Å²) in [7, 11) is -3.59. The lowest BCUT2D eigenvalue weighted by Crippen LogP contribution is -2.47. The third-order valence-corrected chi connectivity index (χ3v) is 10.0. The fourth-order valence-corrected chi connectivity index (χ4v) is 7.33. The van der Waals surface area contributed by atoms with Gasteiger partial charge in [0.25, 0.3) is 0 Å². The number of anilines is 1. The number of benzene rings is 1. The Morgan fingerprint density at radius 2 is 1.81 bits per heavy atom. The number of nitrogens with one attached hydrogen (secondary N) is 1. The number of hydrogen-bond acceptors (Lipinski definition) is 6. The van der Waals surface area contributed by atoms with Crippen LogP contribution in [0.5, 0.6) is 0 Å². The Morgan fingerprint density at radius 3 is 2.42 bits per heavy atom. The monoisotopic (exact) mass is 466 g/mol. The molecule has 0 radical (unpaired) electrons. The van der Waals surface area contributed by atoms with Crippen molar-refractivity contribution in [3.05, 3.63) is 23.2 Å². The fraction of sp³-hybridized carbons (Fsp3) is 0.682. The second-order valence-corrected chi connectivity index (χ2v) is 12.3. The maximum Gasteiger partial charge on any atom is 0.224 e. The van der Waals surface area contributed by atoms with E-state index in [1.807, 2.05) is 6.07 Å². The van der Waals surface area contributed by atoms with Gasteiger partial charge in [-0.2, -0.15) is 0 Å². The number of nitrogens with two attached hydrogens (primary N) is 1. The summed E-state index contributed by atoms with van der Waals surface area (Å²) < 4.78 is 26.5. The predicted molar refractivity (Wildman–Crippen MR) is 121 cm³/mol. The summed E-state index contributed by atoms with van der Waals surface area (Å²) in [4.78, 5) is 17.4. The summed E-state index contributed by atoms with van der Waals surface area (Å²) in [6, 6.07) is 6.07. The van der Waals surface area contributed by atoms with E-state index in [0.717, 1.165) is 50.7 Å². The van der Waals surface area contributed by atoms with Gasteiger partial charge in [0.1, 0.15) is 0 Å². The molecule has 1 aliphatic heterocycles. The van der Waals surface area contributed by atoms with Gasteiger partial charge in [0.2, 0.25) is 5.91 Å². The van der Waals surface area contributed by atoms with Crippen molar-refractivity contribution in [3.8, 4) is 0 Å². The van der Waals surface area contributed by atoms with Crippen LogP contribution >= 0.6 is 11.6 Å². The SMILES string of the molecule is NC1(NC(=O)[C@H]2CC[C@H](S(=O)(=O)c3ccc(N4CCN(C5CC5)CC4)cc3Cl)C2)CC1. The van der Waals surface area contributed by atoms with Gasteiger partial charge in [-0.15, -0.1) is 0 Å². The number of sulfone groups is 1. The van der Waals surface area contributed by atoms with Gasteiger partial charge in [-0.05, 0) is 63.1 Å². The molecule has 5 rings (SSSR count). The van der Waals surface area contributed by atoms with E-state index in [4.69, 9.17) is 17.3 Å². The van der Waals surface area contributed by atoms with E-state index in [1.54, 1.807) is 12.1 Å². The average Bonchev–Trinajstić information content (AvgIpc) is 3.66. The Kier molecular flexibility index (Phi) is 5.48. The molecule has 31 heavy (non-hydrogen) atoms. The van der Waals surface area contributed by atoms with Crippen LogP contribution in [0, 0.1) is 5.92 Å². The van der Waals surface area contributed by atoms with Crippen molar-refractivity contribution in [2.45, 2.75) is 66.8 Å². The number of carbonyl (C=O) groups excluding carboxylic acids is 1. The summed E-state index contributed by atoms with van der Waals surface area (Å²) in [6.07, 6.45) is 5.55. The van der Waals surface area contributed by atoms with E-state index in [2.05, 4.69) is 15.1 Å². The van der Waals surface area contributed by atoms with Crippen molar-refractivity contribution < 1.29 is 13.2 Å². The molecular weight excluding hydrogens is 436 g/mol. The molecule has 1 heterocycles. The fourth-order valence-electron chi connectivity index (χ4n) is 4.95. The van der Waals surface area contributed by atoms with Crippen molar-refractivity contribution in [1.29, 1.82) is 0 Å². The summed E-state index contributed by atoms with van der Waals surface area (Å²) in [6.45, 7) is 3.94. The molecule has 3 aliphatic carbocycles. The van der Waals surface area contributed by atoms with E-state index < -0.39 is 20.8 Å². The van der Waals surface area contributed by atoms with Gasteiger partial charge < -0.3 is 16.0 Å². The molecule has 2 atom stereocenters. The maximum absolute atomic E-state index is 13.3. The van der Waals surface area contributed by atoms with Gasteiger partial charge in [-0.1, -0.05) is 11.6 Å². The second kappa shape index (κ2) is 7.90. The lowest BCUT2D eigenvalue weighted by molar-refractivity contribution is -0.125. The molecule has 3 N–H and O–H groups in total. The molecule has 1 aromatic carbocycles. The molecule has 1 saturated heterocycles. The highest BCUT2D eigenvalue weighted by atomic mass is 35.5. The number of nitrogens with zero attached hydrogens (tertiary/aromatic N) is 2. The van der Waals surface area contributed by atoms with Crippen LogP contribution in [0.2, 0.25) is 5.02 Å². The topological polar surface area (TPSA) is 95.7 Å². The van der Waals surface area contributed by atoms with Crippen LogP contribution < -0.4 is 16.0 Å². The average molecular weight is 467 g/mol. The van der Waals surface area contributed by atoms with Gasteiger partial charge in [0.15, 0.2) is 9.84 Å². The molecule has 0 aromatic heterocycles. The van der Waals surface area contributed by atoms with Gasteiger partial charge >= 0.3 is 0 Å². The van der Waals surface area contributed by atoms with Crippen LogP contribution in [0.4, 0.5) is 5.69 Å². The van der Waals surface area contributed by atoms with Gasteiger partial charge in [-0.25, -0.2) is 8.42 Å². The molecule has 0 unspecified atom stereocenters. The quantitative estimate of drug-likeness (QED) is 0.623.